The summed E-state index contributed by atoms with van der Waals surface area (Å²) in [4.78, 5) is 12.4. The van der Waals surface area contributed by atoms with Gasteiger partial charge in [0.25, 0.3) is 0 Å². The fraction of sp³-hybridized carbons (Fsp3) is 0.368. The minimum absolute atomic E-state index is 0.155. The maximum atomic E-state index is 13.5. The Labute approximate surface area is 151 Å². The molecule has 0 aliphatic carbocycles. The highest BCUT2D eigenvalue weighted by molar-refractivity contribution is 6.31. The third-order valence-corrected chi connectivity index (χ3v) is 4.44. The molecule has 6 heteroatoms. The molecule has 1 aliphatic heterocycles. The average molecular weight is 363 g/mol. The minimum atomic E-state index is -0.721. The summed E-state index contributed by atoms with van der Waals surface area (Å²) in [6, 6.07) is 6.14. The molecule has 0 bridgehead atoms. The zero-order valence-corrected chi connectivity index (χ0v) is 15.6. The first-order valence-corrected chi connectivity index (χ1v) is 8.15. The van der Waals surface area contributed by atoms with Crippen molar-refractivity contribution in [2.24, 2.45) is 5.41 Å². The summed E-state index contributed by atoms with van der Waals surface area (Å²) in [6.07, 6.45) is 0. The first-order chi connectivity index (χ1) is 11.6. The van der Waals surface area contributed by atoms with E-state index < -0.39 is 17.7 Å². The highest BCUT2D eigenvalue weighted by Gasteiger charge is 2.38. The van der Waals surface area contributed by atoms with Crippen molar-refractivity contribution in [3.05, 3.63) is 57.1 Å². The van der Waals surface area contributed by atoms with Crippen LogP contribution in [0.2, 0.25) is 5.02 Å². The third kappa shape index (κ3) is 3.54. The zero-order valence-electron chi connectivity index (χ0n) is 14.8. The molecule has 1 unspecified atom stereocenters. The monoisotopic (exact) mass is 362 g/mol. The number of allylic oxidation sites excluding steroid dienone is 3. The summed E-state index contributed by atoms with van der Waals surface area (Å²) in [7, 11) is 1.28. The van der Waals surface area contributed by atoms with Gasteiger partial charge >= 0.3 is 5.97 Å². The second kappa shape index (κ2) is 6.89. The number of ether oxygens (including phenoxy) is 1. The van der Waals surface area contributed by atoms with Gasteiger partial charge in [-0.05, 0) is 24.6 Å². The van der Waals surface area contributed by atoms with Gasteiger partial charge in [-0.2, -0.15) is 5.26 Å². The van der Waals surface area contributed by atoms with Crippen molar-refractivity contribution in [2.45, 2.75) is 33.6 Å². The molecular weight excluding hydrogens is 343 g/mol. The van der Waals surface area contributed by atoms with Gasteiger partial charge in [0.05, 0.1) is 30.2 Å². The number of rotatable bonds is 2. The van der Waals surface area contributed by atoms with E-state index in [1.807, 2.05) is 20.8 Å². The molecule has 0 fully saturated rings. The highest BCUT2D eigenvalue weighted by atomic mass is 35.5. The van der Waals surface area contributed by atoms with Gasteiger partial charge in [-0.15, -0.1) is 0 Å². The van der Waals surface area contributed by atoms with E-state index in [0.29, 0.717) is 28.1 Å². The number of dihydropyridines is 1. The SMILES string of the molecule is COC(=O)C1=C(C)NC(C(C)(C)C)=C(C#N)C1c1ccc(F)cc1Cl. The van der Waals surface area contributed by atoms with Crippen LogP contribution in [0.5, 0.6) is 0 Å². The molecule has 25 heavy (non-hydrogen) atoms. The molecule has 1 heterocycles. The van der Waals surface area contributed by atoms with Gasteiger partial charge < -0.3 is 10.1 Å². The van der Waals surface area contributed by atoms with Crippen LogP contribution in [0, 0.1) is 22.6 Å². The number of nitriles is 1. The Bertz CT molecular complexity index is 829. The van der Waals surface area contributed by atoms with Crippen molar-refractivity contribution in [2.75, 3.05) is 7.11 Å². The number of nitrogens with zero attached hydrogens (tertiary/aromatic N) is 1. The summed E-state index contributed by atoms with van der Waals surface area (Å²) in [5, 5.41) is 13.1. The van der Waals surface area contributed by atoms with Gasteiger partial charge in [0, 0.05) is 21.8 Å². The van der Waals surface area contributed by atoms with Crippen molar-refractivity contribution in [3.63, 3.8) is 0 Å². The molecule has 1 aliphatic rings. The van der Waals surface area contributed by atoms with Crippen molar-refractivity contribution < 1.29 is 13.9 Å². The second-order valence-electron chi connectivity index (χ2n) is 6.90. The number of esters is 1. The van der Waals surface area contributed by atoms with Crippen LogP contribution in [0.1, 0.15) is 39.2 Å². The predicted octanol–water partition coefficient (Wildman–Crippen LogP) is 4.44. The largest absolute Gasteiger partial charge is 0.466 e. The van der Waals surface area contributed by atoms with E-state index in [2.05, 4.69) is 11.4 Å². The molecule has 0 amide bonds. The van der Waals surface area contributed by atoms with Crippen molar-refractivity contribution in [1.82, 2.24) is 5.32 Å². The van der Waals surface area contributed by atoms with Crippen molar-refractivity contribution >= 4 is 17.6 Å². The molecule has 0 spiro atoms. The predicted molar refractivity (Wildman–Crippen MR) is 94.1 cm³/mol. The number of carbonyl (C=O) groups excluding carboxylic acids is 1. The first kappa shape index (κ1) is 19.0. The van der Waals surface area contributed by atoms with E-state index in [4.69, 9.17) is 16.3 Å². The van der Waals surface area contributed by atoms with Crippen LogP contribution in [0.3, 0.4) is 0 Å². The fourth-order valence-corrected chi connectivity index (χ4v) is 3.24. The number of hydrogen-bond donors (Lipinski definition) is 1. The van der Waals surface area contributed by atoms with E-state index in [1.165, 1.54) is 25.3 Å². The second-order valence-corrected chi connectivity index (χ2v) is 7.31. The third-order valence-electron chi connectivity index (χ3n) is 4.11. The van der Waals surface area contributed by atoms with Gasteiger partial charge in [-0.25, -0.2) is 9.18 Å². The Balaban J connectivity index is 2.81. The molecule has 1 atom stereocenters. The van der Waals surface area contributed by atoms with Gasteiger partial charge in [-0.1, -0.05) is 38.4 Å². The molecule has 132 valence electrons. The lowest BCUT2D eigenvalue weighted by molar-refractivity contribution is -0.136. The van der Waals surface area contributed by atoms with Crippen LogP contribution in [0.15, 0.2) is 40.7 Å². The molecule has 1 aromatic carbocycles. The quantitative estimate of drug-likeness (QED) is 0.790. The number of methoxy groups -OCH3 is 1. The Morgan fingerprint density at radius 1 is 1.40 bits per heavy atom. The summed E-state index contributed by atoms with van der Waals surface area (Å²) >= 11 is 6.24. The average Bonchev–Trinajstić information content (AvgIpc) is 2.52. The Hall–Kier alpha value is -2.32. The van der Waals surface area contributed by atoms with E-state index in [9.17, 15) is 14.4 Å². The maximum Gasteiger partial charge on any atom is 0.336 e. The molecular formula is C19H20ClFN2O2. The Kier molecular flexibility index (Phi) is 5.24. The lowest BCUT2D eigenvalue weighted by Crippen LogP contribution is -2.34. The fourth-order valence-electron chi connectivity index (χ4n) is 2.97. The van der Waals surface area contributed by atoms with Gasteiger partial charge in [-0.3, -0.25) is 0 Å². The number of benzene rings is 1. The first-order valence-electron chi connectivity index (χ1n) is 7.77. The molecule has 1 N–H and O–H groups in total. The summed E-state index contributed by atoms with van der Waals surface area (Å²) < 4.78 is 18.4. The van der Waals surface area contributed by atoms with Crippen molar-refractivity contribution in [1.29, 1.82) is 5.26 Å². The van der Waals surface area contributed by atoms with Gasteiger partial charge in [0.2, 0.25) is 0 Å². The number of nitrogens with one attached hydrogen (secondary N) is 1. The summed E-state index contributed by atoms with van der Waals surface area (Å²) in [5.74, 6) is -1.77. The molecule has 0 saturated heterocycles. The van der Waals surface area contributed by atoms with E-state index in [1.54, 1.807) is 6.92 Å². The summed E-state index contributed by atoms with van der Waals surface area (Å²) in [6.45, 7) is 7.64. The van der Waals surface area contributed by atoms with Crippen LogP contribution in [-0.2, 0) is 9.53 Å². The molecule has 2 rings (SSSR count). The standard InChI is InChI=1S/C19H20ClFN2O2/c1-10-15(18(24)25-5)16(12-7-6-11(21)8-14(12)20)13(9-22)17(23-10)19(2,3)4/h6-8,16,23H,1-5H3. The molecule has 1 aromatic rings. The Morgan fingerprint density at radius 2 is 2.04 bits per heavy atom. The van der Waals surface area contributed by atoms with E-state index in [0.717, 1.165) is 0 Å². The van der Waals surface area contributed by atoms with E-state index >= 15 is 0 Å². The van der Waals surface area contributed by atoms with Crippen molar-refractivity contribution in [3.8, 4) is 6.07 Å². The number of hydrogen-bond acceptors (Lipinski definition) is 4. The highest BCUT2D eigenvalue weighted by Crippen LogP contribution is 2.44. The molecule has 0 aromatic heterocycles. The Morgan fingerprint density at radius 3 is 2.52 bits per heavy atom. The zero-order chi connectivity index (χ0) is 18.9. The summed E-state index contributed by atoms with van der Waals surface area (Å²) in [5.41, 5.74) is 2.07. The molecule has 0 radical (unpaired) electrons. The smallest absolute Gasteiger partial charge is 0.336 e. The van der Waals surface area contributed by atoms with E-state index in [-0.39, 0.29) is 10.4 Å². The van der Waals surface area contributed by atoms with Crippen LogP contribution in [0.25, 0.3) is 0 Å². The minimum Gasteiger partial charge on any atom is -0.466 e. The normalized spacial score (nSPS) is 17.9. The van der Waals surface area contributed by atoms with Crippen LogP contribution >= 0.6 is 11.6 Å². The van der Waals surface area contributed by atoms with Crippen LogP contribution in [0.4, 0.5) is 4.39 Å². The van der Waals surface area contributed by atoms with Crippen LogP contribution in [-0.4, -0.2) is 13.1 Å². The van der Waals surface area contributed by atoms with Gasteiger partial charge in [0.1, 0.15) is 5.82 Å². The van der Waals surface area contributed by atoms with Gasteiger partial charge in [0.15, 0.2) is 0 Å². The number of halogens is 2. The molecule has 4 nitrogen and oxygen atoms in total. The topological polar surface area (TPSA) is 62.1 Å². The lowest BCUT2D eigenvalue weighted by Gasteiger charge is -2.35. The molecule has 0 saturated carbocycles. The maximum absolute atomic E-state index is 13.5. The lowest BCUT2D eigenvalue weighted by atomic mass is 9.76. The van der Waals surface area contributed by atoms with Crippen LogP contribution < -0.4 is 5.32 Å². The number of carbonyl (C=O) groups is 1.